The van der Waals surface area contributed by atoms with Crippen LogP contribution in [-0.2, 0) is 6.54 Å². The third kappa shape index (κ3) is 3.97. The monoisotopic (exact) mass is 321 g/mol. The van der Waals surface area contributed by atoms with Crippen LogP contribution in [0, 0.1) is 6.92 Å². The van der Waals surface area contributed by atoms with Gasteiger partial charge in [0.2, 0.25) is 0 Å². The Labute approximate surface area is 137 Å². The van der Waals surface area contributed by atoms with E-state index < -0.39 is 0 Å². The second kappa shape index (κ2) is 7.09. The minimum absolute atomic E-state index is 1.02. The summed E-state index contributed by atoms with van der Waals surface area (Å²) < 4.78 is 1.08. The van der Waals surface area contributed by atoms with Gasteiger partial charge in [0.05, 0.1) is 6.67 Å². The fourth-order valence-corrected chi connectivity index (χ4v) is 4.13. The molecule has 3 nitrogen and oxygen atoms in total. The molecule has 0 aromatic heterocycles. The summed E-state index contributed by atoms with van der Waals surface area (Å²) in [7, 11) is 0. The summed E-state index contributed by atoms with van der Waals surface area (Å²) in [6.07, 6.45) is 0. The van der Waals surface area contributed by atoms with Crippen LogP contribution >= 0.6 is 24.0 Å². The Morgan fingerprint density at radius 2 is 1.76 bits per heavy atom. The summed E-state index contributed by atoms with van der Waals surface area (Å²) in [4.78, 5) is 7.44. The molecule has 0 atom stereocenters. The zero-order valence-electron chi connectivity index (χ0n) is 12.6. The molecule has 2 heterocycles. The first-order valence-electron chi connectivity index (χ1n) is 7.63. The number of hydrogen-bond acceptors (Lipinski definition) is 4. The molecule has 0 spiro atoms. The lowest BCUT2D eigenvalue weighted by molar-refractivity contribution is 0.0987. The van der Waals surface area contributed by atoms with Crippen molar-refractivity contribution in [2.75, 3.05) is 45.1 Å². The van der Waals surface area contributed by atoms with E-state index in [1.165, 1.54) is 11.1 Å². The van der Waals surface area contributed by atoms with Crippen LogP contribution in [0.2, 0.25) is 0 Å². The number of nitrogens with zero attached hydrogens (tertiary/aromatic N) is 3. The van der Waals surface area contributed by atoms with Crippen molar-refractivity contribution in [3.8, 4) is 0 Å². The summed E-state index contributed by atoms with van der Waals surface area (Å²) in [5.74, 6) is 1.16. The molecule has 0 saturated carbocycles. The van der Waals surface area contributed by atoms with Gasteiger partial charge in [0, 0.05) is 45.0 Å². The lowest BCUT2D eigenvalue weighted by atomic mass is 10.1. The molecule has 21 heavy (non-hydrogen) atoms. The first-order chi connectivity index (χ1) is 10.2. The van der Waals surface area contributed by atoms with Crippen molar-refractivity contribution >= 4 is 28.3 Å². The third-order valence-corrected chi connectivity index (χ3v) is 5.84. The molecule has 0 amide bonds. The smallest absolute Gasteiger partial charge is 0.137 e. The fourth-order valence-electron chi connectivity index (χ4n) is 2.91. The van der Waals surface area contributed by atoms with E-state index in [-0.39, 0.29) is 0 Å². The number of benzene rings is 1. The molecule has 0 N–H and O–H groups in total. The van der Waals surface area contributed by atoms with E-state index in [1.54, 1.807) is 0 Å². The lowest BCUT2D eigenvalue weighted by Gasteiger charge is -2.37. The summed E-state index contributed by atoms with van der Waals surface area (Å²) in [5, 5.41) is 0. The van der Waals surface area contributed by atoms with Crippen molar-refractivity contribution in [3.05, 3.63) is 35.4 Å². The van der Waals surface area contributed by atoms with Gasteiger partial charge in [0.25, 0.3) is 0 Å². The number of aryl methyl sites for hydroxylation is 1. The number of thiocarbonyl (C=S) groups is 1. The van der Waals surface area contributed by atoms with E-state index in [0.717, 1.165) is 56.0 Å². The molecule has 2 aliphatic heterocycles. The molecular formula is C16H23N3S2. The van der Waals surface area contributed by atoms with Gasteiger partial charge < -0.3 is 4.90 Å². The van der Waals surface area contributed by atoms with Gasteiger partial charge in [-0.2, -0.15) is 0 Å². The number of hydrogen-bond donors (Lipinski definition) is 0. The van der Waals surface area contributed by atoms with Crippen LogP contribution in [0.3, 0.4) is 0 Å². The Morgan fingerprint density at radius 3 is 2.43 bits per heavy atom. The molecule has 114 valence electrons. The van der Waals surface area contributed by atoms with E-state index >= 15 is 0 Å². The molecule has 0 bridgehead atoms. The summed E-state index contributed by atoms with van der Waals surface area (Å²) in [6.45, 7) is 10.0. The van der Waals surface area contributed by atoms with E-state index in [1.807, 2.05) is 11.8 Å². The normalized spacial score (nSPS) is 21.2. The molecular weight excluding hydrogens is 298 g/mol. The van der Waals surface area contributed by atoms with E-state index in [2.05, 4.69) is 45.9 Å². The second-order valence-corrected chi connectivity index (χ2v) is 7.57. The SMILES string of the molecule is Cc1ccccc1CN1CCN(CN2CCSC2=S)CC1. The Balaban J connectivity index is 1.47. The van der Waals surface area contributed by atoms with Gasteiger partial charge in [-0.3, -0.25) is 9.80 Å². The quantitative estimate of drug-likeness (QED) is 0.786. The van der Waals surface area contributed by atoms with Gasteiger partial charge in [0.15, 0.2) is 0 Å². The van der Waals surface area contributed by atoms with Gasteiger partial charge in [-0.25, -0.2) is 0 Å². The molecule has 2 saturated heterocycles. The molecule has 0 aliphatic carbocycles. The molecule has 5 heteroatoms. The zero-order chi connectivity index (χ0) is 14.7. The Kier molecular flexibility index (Phi) is 5.16. The largest absolute Gasteiger partial charge is 0.344 e. The van der Waals surface area contributed by atoms with Gasteiger partial charge in [-0.15, -0.1) is 0 Å². The van der Waals surface area contributed by atoms with Gasteiger partial charge in [0.1, 0.15) is 4.32 Å². The van der Waals surface area contributed by atoms with Crippen LogP contribution in [0.1, 0.15) is 11.1 Å². The highest BCUT2D eigenvalue weighted by atomic mass is 32.2. The van der Waals surface area contributed by atoms with Crippen LogP contribution < -0.4 is 0 Å². The highest BCUT2D eigenvalue weighted by molar-refractivity contribution is 8.23. The van der Waals surface area contributed by atoms with E-state index in [9.17, 15) is 0 Å². The van der Waals surface area contributed by atoms with E-state index in [0.29, 0.717) is 0 Å². The standard InChI is InChI=1S/C16H23N3S2/c1-14-4-2-3-5-15(14)12-17-6-8-18(9-7-17)13-19-10-11-21-16(19)20/h2-5H,6-13H2,1H3. The highest BCUT2D eigenvalue weighted by Gasteiger charge is 2.23. The topological polar surface area (TPSA) is 9.72 Å². The Morgan fingerprint density at radius 1 is 1.05 bits per heavy atom. The summed E-state index contributed by atoms with van der Waals surface area (Å²) >= 11 is 7.20. The minimum Gasteiger partial charge on any atom is -0.344 e. The molecule has 1 aromatic rings. The maximum absolute atomic E-state index is 5.38. The average molecular weight is 322 g/mol. The molecule has 3 rings (SSSR count). The molecule has 2 aliphatic rings. The number of thioether (sulfide) groups is 1. The third-order valence-electron chi connectivity index (χ3n) is 4.34. The maximum atomic E-state index is 5.38. The van der Waals surface area contributed by atoms with Gasteiger partial charge >= 0.3 is 0 Å². The summed E-state index contributed by atoms with van der Waals surface area (Å²) in [5.41, 5.74) is 2.86. The van der Waals surface area contributed by atoms with Crippen LogP contribution in [0.25, 0.3) is 0 Å². The van der Waals surface area contributed by atoms with Gasteiger partial charge in [-0.05, 0) is 18.1 Å². The van der Waals surface area contributed by atoms with Crippen molar-refractivity contribution in [3.63, 3.8) is 0 Å². The second-order valence-electron chi connectivity index (χ2n) is 5.84. The molecule has 2 fully saturated rings. The van der Waals surface area contributed by atoms with E-state index in [4.69, 9.17) is 12.2 Å². The maximum Gasteiger partial charge on any atom is 0.137 e. The molecule has 1 aromatic carbocycles. The fraction of sp³-hybridized carbons (Fsp3) is 0.562. The zero-order valence-corrected chi connectivity index (χ0v) is 14.3. The first kappa shape index (κ1) is 15.3. The van der Waals surface area contributed by atoms with Crippen molar-refractivity contribution in [1.29, 1.82) is 0 Å². The van der Waals surface area contributed by atoms with Crippen molar-refractivity contribution in [1.82, 2.24) is 14.7 Å². The predicted octanol–water partition coefficient (Wildman–Crippen LogP) is 2.40. The van der Waals surface area contributed by atoms with Crippen LogP contribution in [0.4, 0.5) is 0 Å². The van der Waals surface area contributed by atoms with Crippen molar-refractivity contribution in [2.45, 2.75) is 13.5 Å². The first-order valence-corrected chi connectivity index (χ1v) is 9.03. The van der Waals surface area contributed by atoms with Gasteiger partial charge in [-0.1, -0.05) is 48.2 Å². The molecule has 0 radical (unpaired) electrons. The predicted molar refractivity (Wildman–Crippen MR) is 94.7 cm³/mol. The summed E-state index contributed by atoms with van der Waals surface area (Å²) in [6, 6.07) is 8.72. The average Bonchev–Trinajstić information content (AvgIpc) is 2.89. The number of rotatable bonds is 4. The highest BCUT2D eigenvalue weighted by Crippen LogP contribution is 2.19. The van der Waals surface area contributed by atoms with Crippen LogP contribution in [0.15, 0.2) is 24.3 Å². The van der Waals surface area contributed by atoms with Crippen molar-refractivity contribution in [2.24, 2.45) is 0 Å². The molecule has 0 unspecified atom stereocenters. The minimum atomic E-state index is 1.02. The number of piperazine rings is 1. The van der Waals surface area contributed by atoms with Crippen LogP contribution in [-0.4, -0.2) is 64.2 Å². The lowest BCUT2D eigenvalue weighted by Crippen LogP contribution is -2.49. The van der Waals surface area contributed by atoms with Crippen molar-refractivity contribution < 1.29 is 0 Å². The van der Waals surface area contributed by atoms with Crippen LogP contribution in [0.5, 0.6) is 0 Å². The Bertz CT molecular complexity index is 498. The Hall–Kier alpha value is -0.620.